The zero-order chi connectivity index (χ0) is 13.8. The molecule has 0 aliphatic heterocycles. The van der Waals surface area contributed by atoms with Gasteiger partial charge in [0.25, 0.3) is 0 Å². The highest BCUT2D eigenvalue weighted by molar-refractivity contribution is 5.87. The van der Waals surface area contributed by atoms with Crippen molar-refractivity contribution in [3.8, 4) is 0 Å². The van der Waals surface area contributed by atoms with Gasteiger partial charge in [-0.05, 0) is 30.9 Å². The Morgan fingerprint density at radius 3 is 2.63 bits per heavy atom. The van der Waals surface area contributed by atoms with Crippen molar-refractivity contribution in [2.24, 2.45) is 5.92 Å². The lowest BCUT2D eigenvalue weighted by atomic mass is 10.0. The van der Waals surface area contributed by atoms with Gasteiger partial charge in [-0.3, -0.25) is 4.79 Å². The summed E-state index contributed by atoms with van der Waals surface area (Å²) in [6, 6.07) is 7.24. The zero-order valence-electron chi connectivity index (χ0n) is 11.3. The summed E-state index contributed by atoms with van der Waals surface area (Å²) in [5, 5.41) is 2.79. The molecule has 1 aromatic carbocycles. The predicted octanol–water partition coefficient (Wildman–Crippen LogP) is 1.61. The standard InChI is InChI=1S/C15H19NO3/c1-10-5-3-4-6-12(10)9-13(15(18)19-2)16-14(17)11-7-8-11/h3-6,11,13H,7-9H2,1-2H3,(H,16,17)/t13-/m0/s1. The van der Waals surface area contributed by atoms with Crippen LogP contribution in [0.15, 0.2) is 24.3 Å². The van der Waals surface area contributed by atoms with Crippen molar-refractivity contribution in [2.45, 2.75) is 32.2 Å². The number of aryl methyl sites for hydroxylation is 1. The second-order valence-electron chi connectivity index (χ2n) is 4.99. The Labute approximate surface area is 113 Å². The minimum absolute atomic E-state index is 0.0380. The minimum atomic E-state index is -0.598. The number of carbonyl (C=O) groups is 2. The summed E-state index contributed by atoms with van der Waals surface area (Å²) in [4.78, 5) is 23.6. The van der Waals surface area contributed by atoms with Crippen molar-refractivity contribution in [2.75, 3.05) is 7.11 Å². The normalized spacial score (nSPS) is 15.7. The summed E-state index contributed by atoms with van der Waals surface area (Å²) in [5.74, 6) is -0.342. The van der Waals surface area contributed by atoms with Crippen molar-refractivity contribution in [1.29, 1.82) is 0 Å². The van der Waals surface area contributed by atoms with Gasteiger partial charge in [0.05, 0.1) is 7.11 Å². The number of nitrogens with one attached hydrogen (secondary N) is 1. The number of hydrogen-bond acceptors (Lipinski definition) is 3. The Bertz CT molecular complexity index is 480. The molecule has 0 aromatic heterocycles. The maximum absolute atomic E-state index is 11.8. The number of hydrogen-bond donors (Lipinski definition) is 1. The molecule has 19 heavy (non-hydrogen) atoms. The Hall–Kier alpha value is -1.84. The number of benzene rings is 1. The van der Waals surface area contributed by atoms with E-state index in [1.807, 2.05) is 31.2 Å². The number of ether oxygens (including phenoxy) is 1. The summed E-state index contributed by atoms with van der Waals surface area (Å²) >= 11 is 0. The predicted molar refractivity (Wildman–Crippen MR) is 71.6 cm³/mol. The van der Waals surface area contributed by atoms with Crippen LogP contribution in [0.2, 0.25) is 0 Å². The monoisotopic (exact) mass is 261 g/mol. The van der Waals surface area contributed by atoms with Crippen LogP contribution in [0.4, 0.5) is 0 Å². The highest BCUT2D eigenvalue weighted by Crippen LogP contribution is 2.29. The van der Waals surface area contributed by atoms with E-state index < -0.39 is 12.0 Å². The molecular weight excluding hydrogens is 242 g/mol. The van der Waals surface area contributed by atoms with Gasteiger partial charge in [-0.25, -0.2) is 4.79 Å². The van der Waals surface area contributed by atoms with Crippen LogP contribution in [0.3, 0.4) is 0 Å². The quantitative estimate of drug-likeness (QED) is 0.819. The molecule has 2 rings (SSSR count). The SMILES string of the molecule is COC(=O)[C@H](Cc1ccccc1C)NC(=O)C1CC1. The van der Waals surface area contributed by atoms with Crippen molar-refractivity contribution in [3.63, 3.8) is 0 Å². The summed E-state index contributed by atoms with van der Waals surface area (Å²) in [6.45, 7) is 1.99. The fourth-order valence-electron chi connectivity index (χ4n) is 2.03. The topological polar surface area (TPSA) is 55.4 Å². The molecule has 1 N–H and O–H groups in total. The van der Waals surface area contributed by atoms with Crippen LogP contribution in [-0.4, -0.2) is 25.0 Å². The summed E-state index contributed by atoms with van der Waals surface area (Å²) < 4.78 is 4.77. The number of carbonyl (C=O) groups excluding carboxylic acids is 2. The van der Waals surface area contributed by atoms with E-state index in [1.54, 1.807) is 0 Å². The fourth-order valence-corrected chi connectivity index (χ4v) is 2.03. The molecule has 1 saturated carbocycles. The van der Waals surface area contributed by atoms with Crippen LogP contribution in [0.1, 0.15) is 24.0 Å². The Balaban J connectivity index is 2.07. The van der Waals surface area contributed by atoms with Gasteiger partial charge in [0.15, 0.2) is 0 Å². The molecule has 1 amide bonds. The number of methoxy groups -OCH3 is 1. The molecule has 1 fully saturated rings. The highest BCUT2D eigenvalue weighted by atomic mass is 16.5. The summed E-state index contributed by atoms with van der Waals surface area (Å²) in [7, 11) is 1.34. The summed E-state index contributed by atoms with van der Waals surface area (Å²) in [5.41, 5.74) is 2.16. The molecule has 102 valence electrons. The van der Waals surface area contributed by atoms with Crippen LogP contribution in [0.5, 0.6) is 0 Å². The first kappa shape index (κ1) is 13.6. The van der Waals surface area contributed by atoms with Crippen molar-refractivity contribution in [1.82, 2.24) is 5.32 Å². The van der Waals surface area contributed by atoms with Crippen LogP contribution in [0.25, 0.3) is 0 Å². The molecular formula is C15H19NO3. The van der Waals surface area contributed by atoms with E-state index in [9.17, 15) is 9.59 Å². The van der Waals surface area contributed by atoms with Gasteiger partial charge in [-0.2, -0.15) is 0 Å². The third-order valence-electron chi connectivity index (χ3n) is 3.44. The third kappa shape index (κ3) is 3.56. The first-order chi connectivity index (χ1) is 9.11. The van der Waals surface area contributed by atoms with Crippen LogP contribution >= 0.6 is 0 Å². The lowest BCUT2D eigenvalue weighted by Gasteiger charge is -2.17. The van der Waals surface area contributed by atoms with Gasteiger partial charge in [0, 0.05) is 12.3 Å². The Kier molecular flexibility index (Phi) is 4.20. The van der Waals surface area contributed by atoms with Crippen molar-refractivity contribution >= 4 is 11.9 Å². The summed E-state index contributed by atoms with van der Waals surface area (Å²) in [6.07, 6.45) is 2.31. The average molecular weight is 261 g/mol. The highest BCUT2D eigenvalue weighted by Gasteiger charge is 2.33. The first-order valence-electron chi connectivity index (χ1n) is 6.54. The maximum atomic E-state index is 11.8. The van der Waals surface area contributed by atoms with Gasteiger partial charge in [0.2, 0.25) is 5.91 Å². The van der Waals surface area contributed by atoms with Gasteiger partial charge in [-0.1, -0.05) is 24.3 Å². The van der Waals surface area contributed by atoms with Crippen LogP contribution in [-0.2, 0) is 20.7 Å². The van der Waals surface area contributed by atoms with Gasteiger partial charge in [-0.15, -0.1) is 0 Å². The Morgan fingerprint density at radius 2 is 2.05 bits per heavy atom. The second kappa shape index (κ2) is 5.87. The van der Waals surface area contributed by atoms with Crippen molar-refractivity contribution < 1.29 is 14.3 Å². The number of amides is 1. The third-order valence-corrected chi connectivity index (χ3v) is 3.44. The molecule has 0 radical (unpaired) electrons. The average Bonchev–Trinajstić information content (AvgIpc) is 3.23. The van der Waals surface area contributed by atoms with Gasteiger partial charge in [0.1, 0.15) is 6.04 Å². The molecule has 4 nitrogen and oxygen atoms in total. The van der Waals surface area contributed by atoms with Crippen LogP contribution in [0, 0.1) is 12.8 Å². The largest absolute Gasteiger partial charge is 0.467 e. The molecule has 1 aliphatic carbocycles. The maximum Gasteiger partial charge on any atom is 0.328 e. The lowest BCUT2D eigenvalue weighted by molar-refractivity contribution is -0.145. The first-order valence-corrected chi connectivity index (χ1v) is 6.54. The molecule has 4 heteroatoms. The molecule has 0 saturated heterocycles. The minimum Gasteiger partial charge on any atom is -0.467 e. The number of esters is 1. The van der Waals surface area contributed by atoms with E-state index >= 15 is 0 Å². The van der Waals surface area contributed by atoms with E-state index in [0.29, 0.717) is 6.42 Å². The molecule has 0 unspecified atom stereocenters. The van der Waals surface area contributed by atoms with Crippen LogP contribution < -0.4 is 5.32 Å². The molecule has 0 heterocycles. The molecule has 0 spiro atoms. The lowest BCUT2D eigenvalue weighted by Crippen LogP contribution is -2.43. The second-order valence-corrected chi connectivity index (χ2v) is 4.99. The fraction of sp³-hybridized carbons (Fsp3) is 0.467. The Morgan fingerprint density at radius 1 is 1.37 bits per heavy atom. The van der Waals surface area contributed by atoms with E-state index in [2.05, 4.69) is 5.32 Å². The zero-order valence-corrected chi connectivity index (χ0v) is 11.3. The smallest absolute Gasteiger partial charge is 0.328 e. The van der Waals surface area contributed by atoms with E-state index in [4.69, 9.17) is 4.74 Å². The molecule has 1 aromatic rings. The van der Waals surface area contributed by atoms with Gasteiger partial charge >= 0.3 is 5.97 Å². The molecule has 1 atom stereocenters. The molecule has 0 bridgehead atoms. The van der Waals surface area contributed by atoms with Crippen molar-refractivity contribution in [3.05, 3.63) is 35.4 Å². The molecule has 1 aliphatic rings. The van der Waals surface area contributed by atoms with Gasteiger partial charge < -0.3 is 10.1 Å². The van der Waals surface area contributed by atoms with E-state index in [-0.39, 0.29) is 11.8 Å². The van der Waals surface area contributed by atoms with E-state index in [1.165, 1.54) is 7.11 Å². The number of rotatable bonds is 5. The van der Waals surface area contributed by atoms with E-state index in [0.717, 1.165) is 24.0 Å².